The molecule has 3 aromatic heterocycles. The maximum absolute atomic E-state index is 12.5. The van der Waals surface area contributed by atoms with E-state index in [-0.39, 0.29) is 11.6 Å². The van der Waals surface area contributed by atoms with Gasteiger partial charge < -0.3 is 15.0 Å². The van der Waals surface area contributed by atoms with Crippen molar-refractivity contribution in [2.75, 3.05) is 5.32 Å². The smallest absolute Gasteiger partial charge is 0.259 e. The quantitative estimate of drug-likeness (QED) is 0.472. The molecule has 0 amide bonds. The molecule has 29 heavy (non-hydrogen) atoms. The molecular weight excluding hydrogens is 384 g/mol. The molecule has 0 aliphatic carbocycles. The Balaban J connectivity index is 1.49. The van der Waals surface area contributed by atoms with Crippen molar-refractivity contribution >= 4 is 27.2 Å². The summed E-state index contributed by atoms with van der Waals surface area (Å²) in [7, 11) is 0. The fourth-order valence-electron chi connectivity index (χ4n) is 3.05. The van der Waals surface area contributed by atoms with Gasteiger partial charge in [0.05, 0.1) is 11.4 Å². The number of benzene rings is 1. The summed E-state index contributed by atoms with van der Waals surface area (Å²) in [6, 6.07) is 11.3. The van der Waals surface area contributed by atoms with Crippen LogP contribution in [-0.2, 0) is 0 Å². The molecule has 0 radical (unpaired) electrons. The van der Waals surface area contributed by atoms with E-state index in [4.69, 9.17) is 4.74 Å². The molecule has 1 atom stereocenters. The first-order valence-corrected chi connectivity index (χ1v) is 10.2. The number of nitrogens with zero attached hydrogens (tertiary/aromatic N) is 2. The number of aromatic amines is 1. The van der Waals surface area contributed by atoms with Crippen molar-refractivity contribution in [3.05, 3.63) is 74.8 Å². The van der Waals surface area contributed by atoms with E-state index >= 15 is 0 Å². The number of fused-ring (bicyclic) bond motifs is 1. The summed E-state index contributed by atoms with van der Waals surface area (Å²) < 4.78 is 5.76. The molecule has 0 saturated heterocycles. The molecule has 0 spiro atoms. The molecule has 4 rings (SSSR count). The fraction of sp³-hybridized carbons (Fsp3) is 0.227. The fourth-order valence-corrected chi connectivity index (χ4v) is 4.09. The Morgan fingerprint density at radius 1 is 1.10 bits per heavy atom. The minimum absolute atomic E-state index is 0.0881. The molecule has 6 nitrogen and oxygen atoms in total. The van der Waals surface area contributed by atoms with E-state index in [9.17, 15) is 4.79 Å². The van der Waals surface area contributed by atoms with Crippen molar-refractivity contribution in [1.82, 2.24) is 15.0 Å². The van der Waals surface area contributed by atoms with Gasteiger partial charge in [0.2, 0.25) is 5.88 Å². The lowest BCUT2D eigenvalue weighted by molar-refractivity contribution is 0.463. The summed E-state index contributed by atoms with van der Waals surface area (Å²) in [5, 5.41) is 4.06. The Morgan fingerprint density at radius 2 is 1.86 bits per heavy atom. The van der Waals surface area contributed by atoms with E-state index in [1.807, 2.05) is 64.1 Å². The van der Waals surface area contributed by atoms with Crippen LogP contribution in [0, 0.1) is 20.8 Å². The van der Waals surface area contributed by atoms with Crippen LogP contribution in [0.1, 0.15) is 34.8 Å². The Kier molecular flexibility index (Phi) is 5.07. The lowest BCUT2D eigenvalue weighted by Crippen LogP contribution is -2.17. The highest BCUT2D eigenvalue weighted by atomic mass is 32.1. The molecule has 0 aliphatic rings. The van der Waals surface area contributed by atoms with E-state index in [0.29, 0.717) is 22.8 Å². The second-order valence-electron chi connectivity index (χ2n) is 7.08. The van der Waals surface area contributed by atoms with Gasteiger partial charge in [0.25, 0.3) is 5.56 Å². The average molecular weight is 407 g/mol. The maximum Gasteiger partial charge on any atom is 0.259 e. The summed E-state index contributed by atoms with van der Waals surface area (Å²) in [4.78, 5) is 26.2. The second kappa shape index (κ2) is 7.67. The van der Waals surface area contributed by atoms with Crippen LogP contribution in [0.5, 0.6) is 11.6 Å². The number of hydrogen-bond acceptors (Lipinski definition) is 6. The Morgan fingerprint density at radius 3 is 2.55 bits per heavy atom. The van der Waals surface area contributed by atoms with Gasteiger partial charge in [-0.05, 0) is 63.1 Å². The van der Waals surface area contributed by atoms with Crippen LogP contribution in [0.4, 0.5) is 5.69 Å². The zero-order valence-corrected chi connectivity index (χ0v) is 17.6. The first-order chi connectivity index (χ1) is 13.9. The van der Waals surface area contributed by atoms with Crippen LogP contribution in [-0.4, -0.2) is 15.0 Å². The first-order valence-electron chi connectivity index (χ1n) is 9.38. The van der Waals surface area contributed by atoms with Gasteiger partial charge in [-0.1, -0.05) is 6.07 Å². The molecule has 148 valence electrons. The van der Waals surface area contributed by atoms with Gasteiger partial charge in [-0.15, -0.1) is 11.3 Å². The Hall–Kier alpha value is -3.19. The largest absolute Gasteiger partial charge is 0.439 e. The minimum atomic E-state index is -0.152. The number of ether oxygens (including phenoxy) is 1. The third-order valence-electron chi connectivity index (χ3n) is 4.81. The van der Waals surface area contributed by atoms with Crippen LogP contribution in [0.2, 0.25) is 0 Å². The van der Waals surface area contributed by atoms with Crippen LogP contribution in [0.3, 0.4) is 0 Å². The molecular formula is C22H22N4O2S. The number of anilines is 1. The number of pyridine rings is 1. The van der Waals surface area contributed by atoms with E-state index in [0.717, 1.165) is 26.5 Å². The van der Waals surface area contributed by atoms with E-state index in [2.05, 4.69) is 20.3 Å². The number of hydrogen-bond donors (Lipinski definition) is 2. The van der Waals surface area contributed by atoms with E-state index < -0.39 is 0 Å². The monoisotopic (exact) mass is 406 g/mol. The minimum Gasteiger partial charge on any atom is -0.439 e. The van der Waals surface area contributed by atoms with Gasteiger partial charge in [-0.3, -0.25) is 4.79 Å². The van der Waals surface area contributed by atoms with Gasteiger partial charge in [0, 0.05) is 22.8 Å². The van der Waals surface area contributed by atoms with Crippen LogP contribution in [0.15, 0.2) is 47.4 Å². The zero-order chi connectivity index (χ0) is 20.5. The summed E-state index contributed by atoms with van der Waals surface area (Å²) >= 11 is 1.55. The van der Waals surface area contributed by atoms with Gasteiger partial charge in [-0.25, -0.2) is 9.97 Å². The number of thiophene rings is 1. The van der Waals surface area contributed by atoms with Crippen molar-refractivity contribution in [2.24, 2.45) is 0 Å². The SMILES string of the molecule is Cc1ccc(Oc2ccc(NC(C)c3nc4sc(C)c(C)c4c(=O)[nH]3)cc2)nc1. The normalized spacial score (nSPS) is 12.1. The van der Waals surface area contributed by atoms with Gasteiger partial charge in [0.1, 0.15) is 16.4 Å². The molecule has 0 fully saturated rings. The number of H-pyrrole nitrogens is 1. The Labute approximate surface area is 172 Å². The standard InChI is InChI=1S/C22H22N4O2S/c1-12-5-10-18(23-11-12)28-17-8-6-16(7-9-17)24-14(3)20-25-21(27)19-13(2)15(4)29-22(19)26-20/h5-11,14,24H,1-4H3,(H,25,26,27). The average Bonchev–Trinajstić information content (AvgIpc) is 2.99. The highest BCUT2D eigenvalue weighted by Crippen LogP contribution is 2.27. The van der Waals surface area contributed by atoms with Crippen molar-refractivity contribution < 1.29 is 4.74 Å². The highest BCUT2D eigenvalue weighted by molar-refractivity contribution is 7.18. The summed E-state index contributed by atoms with van der Waals surface area (Å²) in [6.45, 7) is 7.93. The molecule has 4 aromatic rings. The maximum atomic E-state index is 12.5. The third-order valence-corrected chi connectivity index (χ3v) is 5.91. The topological polar surface area (TPSA) is 79.9 Å². The molecule has 0 saturated carbocycles. The molecule has 1 unspecified atom stereocenters. The lowest BCUT2D eigenvalue weighted by Gasteiger charge is -2.15. The molecule has 1 aromatic carbocycles. The van der Waals surface area contributed by atoms with Gasteiger partial charge >= 0.3 is 0 Å². The summed E-state index contributed by atoms with van der Waals surface area (Å²) in [6.07, 6.45) is 1.77. The van der Waals surface area contributed by atoms with Crippen molar-refractivity contribution in [2.45, 2.75) is 33.7 Å². The number of nitrogens with one attached hydrogen (secondary N) is 2. The summed E-state index contributed by atoms with van der Waals surface area (Å²) in [5.41, 5.74) is 2.91. The zero-order valence-electron chi connectivity index (χ0n) is 16.7. The highest BCUT2D eigenvalue weighted by Gasteiger charge is 2.15. The predicted octanol–water partition coefficient (Wildman–Crippen LogP) is 5.27. The predicted molar refractivity (Wildman–Crippen MR) is 117 cm³/mol. The second-order valence-corrected chi connectivity index (χ2v) is 8.28. The molecule has 2 N–H and O–H groups in total. The molecule has 3 heterocycles. The number of rotatable bonds is 5. The molecule has 0 aliphatic heterocycles. The molecule has 0 bridgehead atoms. The number of aryl methyl sites for hydroxylation is 3. The van der Waals surface area contributed by atoms with E-state index in [1.165, 1.54) is 0 Å². The Bertz CT molecular complexity index is 1210. The first kappa shape index (κ1) is 19.1. The van der Waals surface area contributed by atoms with Crippen LogP contribution < -0.4 is 15.6 Å². The van der Waals surface area contributed by atoms with Crippen LogP contribution in [0.25, 0.3) is 10.2 Å². The molecule has 7 heteroatoms. The van der Waals surface area contributed by atoms with Crippen LogP contribution >= 0.6 is 11.3 Å². The number of aromatic nitrogens is 3. The third kappa shape index (κ3) is 4.00. The van der Waals surface area contributed by atoms with Crippen molar-refractivity contribution in [3.8, 4) is 11.6 Å². The van der Waals surface area contributed by atoms with Crippen molar-refractivity contribution in [1.29, 1.82) is 0 Å². The lowest BCUT2D eigenvalue weighted by atomic mass is 10.2. The summed E-state index contributed by atoms with van der Waals surface area (Å²) in [5.74, 6) is 1.88. The van der Waals surface area contributed by atoms with Gasteiger partial charge in [-0.2, -0.15) is 0 Å². The van der Waals surface area contributed by atoms with Crippen molar-refractivity contribution in [3.63, 3.8) is 0 Å². The van der Waals surface area contributed by atoms with Gasteiger partial charge in [0.15, 0.2) is 0 Å². The van der Waals surface area contributed by atoms with E-state index in [1.54, 1.807) is 17.5 Å².